The van der Waals surface area contributed by atoms with E-state index in [2.05, 4.69) is 0 Å². The lowest BCUT2D eigenvalue weighted by Gasteiger charge is -2.14. The van der Waals surface area contributed by atoms with Crippen LogP contribution in [0.1, 0.15) is 13.8 Å². The molecule has 14 heavy (non-hydrogen) atoms. The standard InChI is InChI=1S/C9H20NO3P/c1-5-12-9-14(11,13-6-2)8-7-10(3)4/h7-8H,5-6,9H2,1-4H3/b8-7+/t14-/m1/s1. The molecule has 5 heteroatoms. The molecule has 0 aromatic heterocycles. The van der Waals surface area contributed by atoms with Gasteiger partial charge in [-0.05, 0) is 13.8 Å². The van der Waals surface area contributed by atoms with Crippen molar-refractivity contribution >= 4 is 7.37 Å². The van der Waals surface area contributed by atoms with E-state index in [4.69, 9.17) is 9.26 Å². The van der Waals surface area contributed by atoms with Crippen LogP contribution in [0.3, 0.4) is 0 Å². The molecule has 0 aromatic carbocycles. The van der Waals surface area contributed by atoms with Crippen molar-refractivity contribution in [1.29, 1.82) is 0 Å². The van der Waals surface area contributed by atoms with Crippen molar-refractivity contribution in [1.82, 2.24) is 4.90 Å². The monoisotopic (exact) mass is 221 g/mol. The Kier molecular flexibility index (Phi) is 6.89. The first-order valence-corrected chi connectivity index (χ1v) is 6.58. The van der Waals surface area contributed by atoms with Gasteiger partial charge in [0.05, 0.1) is 6.61 Å². The highest BCUT2D eigenvalue weighted by Crippen LogP contribution is 2.48. The van der Waals surface area contributed by atoms with Crippen LogP contribution in [0.4, 0.5) is 0 Å². The summed E-state index contributed by atoms with van der Waals surface area (Å²) >= 11 is 0. The van der Waals surface area contributed by atoms with Gasteiger partial charge in [0.2, 0.25) is 0 Å². The molecule has 84 valence electrons. The van der Waals surface area contributed by atoms with Crippen LogP contribution >= 0.6 is 7.37 Å². The second-order valence-electron chi connectivity index (χ2n) is 3.03. The molecular weight excluding hydrogens is 201 g/mol. The third kappa shape index (κ3) is 6.19. The van der Waals surface area contributed by atoms with Gasteiger partial charge >= 0.3 is 0 Å². The summed E-state index contributed by atoms with van der Waals surface area (Å²) in [5.41, 5.74) is 0. The number of nitrogens with zero attached hydrogens (tertiary/aromatic N) is 1. The van der Waals surface area contributed by atoms with Crippen LogP contribution in [0.15, 0.2) is 12.0 Å². The van der Waals surface area contributed by atoms with Crippen molar-refractivity contribution in [2.24, 2.45) is 0 Å². The Labute approximate surface area is 86.3 Å². The Balaban J connectivity index is 4.30. The third-order valence-electron chi connectivity index (χ3n) is 1.41. The maximum Gasteiger partial charge on any atom is 0.251 e. The Bertz CT molecular complexity index is 216. The van der Waals surface area contributed by atoms with Crippen molar-refractivity contribution in [3.63, 3.8) is 0 Å². The van der Waals surface area contributed by atoms with Crippen LogP contribution in [-0.4, -0.2) is 38.6 Å². The Morgan fingerprint density at radius 3 is 2.36 bits per heavy atom. The van der Waals surface area contributed by atoms with E-state index in [9.17, 15) is 4.57 Å². The fraction of sp³-hybridized carbons (Fsp3) is 0.778. The zero-order valence-electron chi connectivity index (χ0n) is 9.40. The number of hydrogen-bond donors (Lipinski definition) is 0. The molecule has 0 rings (SSSR count). The first kappa shape index (κ1) is 13.7. The molecule has 0 spiro atoms. The molecule has 0 aliphatic carbocycles. The summed E-state index contributed by atoms with van der Waals surface area (Å²) in [6.07, 6.45) is 1.89. The quantitative estimate of drug-likeness (QED) is 0.618. The Morgan fingerprint density at radius 1 is 1.29 bits per heavy atom. The van der Waals surface area contributed by atoms with Gasteiger partial charge in [-0.1, -0.05) is 0 Å². The van der Waals surface area contributed by atoms with Crippen molar-refractivity contribution in [3.05, 3.63) is 12.0 Å². The average Bonchev–Trinajstić information content (AvgIpc) is 2.13. The van der Waals surface area contributed by atoms with Crippen molar-refractivity contribution in [2.75, 3.05) is 33.7 Å². The molecule has 0 unspecified atom stereocenters. The molecule has 0 fully saturated rings. The van der Waals surface area contributed by atoms with E-state index < -0.39 is 7.37 Å². The summed E-state index contributed by atoms with van der Waals surface area (Å²) in [6, 6.07) is 0. The topological polar surface area (TPSA) is 38.8 Å². The van der Waals surface area contributed by atoms with Gasteiger partial charge < -0.3 is 14.2 Å². The van der Waals surface area contributed by atoms with E-state index in [1.165, 1.54) is 0 Å². The number of hydrogen-bond acceptors (Lipinski definition) is 4. The van der Waals surface area contributed by atoms with Crippen molar-refractivity contribution in [3.8, 4) is 0 Å². The highest BCUT2D eigenvalue weighted by molar-refractivity contribution is 7.62. The summed E-state index contributed by atoms with van der Waals surface area (Å²) in [5.74, 6) is 1.59. The molecule has 0 aliphatic heterocycles. The maximum absolute atomic E-state index is 12.0. The van der Waals surface area contributed by atoms with Gasteiger partial charge in [0.1, 0.15) is 6.35 Å². The summed E-state index contributed by atoms with van der Waals surface area (Å²) < 4.78 is 22.3. The summed E-state index contributed by atoms with van der Waals surface area (Å²) in [6.45, 7) is 4.67. The van der Waals surface area contributed by atoms with Crippen molar-refractivity contribution in [2.45, 2.75) is 13.8 Å². The van der Waals surface area contributed by atoms with Gasteiger partial charge in [0, 0.05) is 32.7 Å². The molecule has 0 heterocycles. The van der Waals surface area contributed by atoms with Crippen LogP contribution in [0.25, 0.3) is 0 Å². The molecular formula is C9H20NO3P. The number of rotatable bonds is 7. The lowest BCUT2D eigenvalue weighted by molar-refractivity contribution is 0.177. The molecule has 0 saturated heterocycles. The van der Waals surface area contributed by atoms with Crippen LogP contribution in [0.5, 0.6) is 0 Å². The van der Waals surface area contributed by atoms with E-state index in [0.29, 0.717) is 13.2 Å². The van der Waals surface area contributed by atoms with Crippen LogP contribution in [0.2, 0.25) is 0 Å². The lowest BCUT2D eigenvalue weighted by atomic mass is 10.9. The maximum atomic E-state index is 12.0. The SMILES string of the molecule is CCOC[P@@](=O)(/C=C/N(C)C)OCC. The predicted octanol–water partition coefficient (Wildman–Crippen LogP) is 2.33. The largest absolute Gasteiger partial charge is 0.383 e. The molecule has 4 nitrogen and oxygen atoms in total. The Hall–Kier alpha value is -0.310. The van der Waals surface area contributed by atoms with Crippen LogP contribution < -0.4 is 0 Å². The molecule has 0 saturated carbocycles. The van der Waals surface area contributed by atoms with Gasteiger partial charge in [-0.15, -0.1) is 0 Å². The first-order chi connectivity index (χ1) is 6.54. The minimum Gasteiger partial charge on any atom is -0.383 e. The second-order valence-corrected chi connectivity index (χ2v) is 5.29. The normalized spacial score (nSPS) is 15.7. The van der Waals surface area contributed by atoms with Crippen LogP contribution in [-0.2, 0) is 13.8 Å². The molecule has 0 aromatic rings. The van der Waals surface area contributed by atoms with E-state index in [0.717, 1.165) is 0 Å². The van der Waals surface area contributed by atoms with Gasteiger partial charge in [-0.25, -0.2) is 0 Å². The summed E-state index contributed by atoms with van der Waals surface area (Å²) in [4.78, 5) is 1.82. The second kappa shape index (κ2) is 7.04. The summed E-state index contributed by atoms with van der Waals surface area (Å²) in [5, 5.41) is 0. The molecule has 0 radical (unpaired) electrons. The number of ether oxygens (including phenoxy) is 1. The van der Waals surface area contributed by atoms with Gasteiger partial charge in [0.25, 0.3) is 7.37 Å². The molecule has 0 N–H and O–H groups in total. The fourth-order valence-corrected chi connectivity index (χ4v) is 2.39. The van der Waals surface area contributed by atoms with Gasteiger partial charge in [0.15, 0.2) is 0 Å². The average molecular weight is 221 g/mol. The highest BCUT2D eigenvalue weighted by atomic mass is 31.2. The predicted molar refractivity (Wildman–Crippen MR) is 58.6 cm³/mol. The first-order valence-electron chi connectivity index (χ1n) is 4.71. The molecule has 0 bridgehead atoms. The van der Waals surface area contributed by atoms with Crippen LogP contribution in [0, 0.1) is 0 Å². The third-order valence-corrected chi connectivity index (χ3v) is 3.24. The lowest BCUT2D eigenvalue weighted by Crippen LogP contribution is -2.02. The smallest absolute Gasteiger partial charge is 0.251 e. The van der Waals surface area contributed by atoms with Gasteiger partial charge in [-0.2, -0.15) is 0 Å². The van der Waals surface area contributed by atoms with Gasteiger partial charge in [-0.3, -0.25) is 4.57 Å². The zero-order chi connectivity index (χ0) is 11.0. The van der Waals surface area contributed by atoms with E-state index in [1.54, 1.807) is 12.0 Å². The van der Waals surface area contributed by atoms with E-state index >= 15 is 0 Å². The highest BCUT2D eigenvalue weighted by Gasteiger charge is 2.18. The molecule has 0 aliphatic rings. The summed E-state index contributed by atoms with van der Waals surface area (Å²) in [7, 11) is 1.00. The minimum atomic E-state index is -2.73. The fourth-order valence-electron chi connectivity index (χ4n) is 0.795. The van der Waals surface area contributed by atoms with E-state index in [-0.39, 0.29) is 6.35 Å². The van der Waals surface area contributed by atoms with Crippen molar-refractivity contribution < 1.29 is 13.8 Å². The zero-order valence-corrected chi connectivity index (χ0v) is 10.3. The molecule has 1 atom stereocenters. The molecule has 0 amide bonds. The van der Waals surface area contributed by atoms with E-state index in [1.807, 2.05) is 32.8 Å². The minimum absolute atomic E-state index is 0.154. The Morgan fingerprint density at radius 2 is 1.93 bits per heavy atom.